The van der Waals surface area contributed by atoms with Gasteiger partial charge in [0.25, 0.3) is 11.6 Å². The van der Waals surface area contributed by atoms with Gasteiger partial charge in [-0.05, 0) is 42.0 Å². The SMILES string of the molecule is Cn1c(SCC(=O)NN=Cc2ccccc2OCc2ccc([N+](=O)[O-])cc2)nnc1-c1cccc(Br)c1. The molecular weight excluding hydrogens is 560 g/mol. The molecule has 12 heteroatoms. The van der Waals surface area contributed by atoms with Crippen molar-refractivity contribution < 1.29 is 14.5 Å². The molecule has 0 saturated heterocycles. The summed E-state index contributed by atoms with van der Waals surface area (Å²) in [6.07, 6.45) is 1.50. The lowest BCUT2D eigenvalue weighted by Gasteiger charge is -2.09. The molecule has 1 N–H and O–H groups in total. The highest BCUT2D eigenvalue weighted by molar-refractivity contribution is 9.10. The van der Waals surface area contributed by atoms with E-state index in [1.165, 1.54) is 30.1 Å². The van der Waals surface area contributed by atoms with E-state index in [0.29, 0.717) is 22.3 Å². The first-order valence-electron chi connectivity index (χ1n) is 11.0. The molecule has 3 aromatic carbocycles. The minimum absolute atomic E-state index is 0.0224. The van der Waals surface area contributed by atoms with E-state index in [2.05, 4.69) is 36.7 Å². The molecule has 0 spiro atoms. The second-order valence-corrected chi connectivity index (χ2v) is 9.57. The van der Waals surface area contributed by atoms with Gasteiger partial charge in [0.05, 0.1) is 16.9 Å². The summed E-state index contributed by atoms with van der Waals surface area (Å²) in [7, 11) is 1.85. The normalized spacial score (nSPS) is 11.0. The number of amides is 1. The van der Waals surface area contributed by atoms with Crippen LogP contribution >= 0.6 is 27.7 Å². The Morgan fingerprint density at radius 1 is 1.16 bits per heavy atom. The molecule has 1 amide bonds. The number of carbonyl (C=O) groups is 1. The first-order chi connectivity index (χ1) is 17.9. The Morgan fingerprint density at radius 3 is 2.70 bits per heavy atom. The molecule has 0 aliphatic carbocycles. The number of non-ortho nitro benzene ring substituents is 1. The predicted octanol–water partition coefficient (Wildman–Crippen LogP) is 4.97. The number of hydrogen-bond acceptors (Lipinski definition) is 8. The van der Waals surface area contributed by atoms with E-state index in [-0.39, 0.29) is 24.0 Å². The Hall–Kier alpha value is -4.03. The predicted molar refractivity (Wildman–Crippen MR) is 144 cm³/mol. The van der Waals surface area contributed by atoms with Gasteiger partial charge in [0.2, 0.25) is 0 Å². The summed E-state index contributed by atoms with van der Waals surface area (Å²) in [6.45, 7) is 0.228. The number of hydrazone groups is 1. The average molecular weight is 581 g/mol. The number of ether oxygens (including phenoxy) is 1. The maximum Gasteiger partial charge on any atom is 0.269 e. The standard InChI is InChI=1S/C25H21BrN6O4S/c1-31-24(18-6-4-7-20(26)13-18)29-30-25(31)37-16-23(33)28-27-14-19-5-2-3-8-22(19)36-15-17-9-11-21(12-10-17)32(34)35/h2-14H,15-16H2,1H3,(H,28,33). The van der Waals surface area contributed by atoms with Gasteiger partial charge in [-0.25, -0.2) is 5.43 Å². The molecule has 0 radical (unpaired) electrons. The summed E-state index contributed by atoms with van der Waals surface area (Å²) in [5, 5.41) is 23.9. The minimum atomic E-state index is -0.447. The molecule has 0 aliphatic rings. The third kappa shape index (κ3) is 7.02. The van der Waals surface area contributed by atoms with Gasteiger partial charge in [-0.15, -0.1) is 10.2 Å². The van der Waals surface area contributed by atoms with Crippen molar-refractivity contribution in [1.29, 1.82) is 0 Å². The second kappa shape index (κ2) is 12.3. The average Bonchev–Trinajstić information content (AvgIpc) is 3.27. The van der Waals surface area contributed by atoms with Gasteiger partial charge in [-0.3, -0.25) is 14.9 Å². The lowest BCUT2D eigenvalue weighted by Crippen LogP contribution is -2.20. The Morgan fingerprint density at radius 2 is 1.95 bits per heavy atom. The maximum absolute atomic E-state index is 12.3. The smallest absolute Gasteiger partial charge is 0.269 e. The lowest BCUT2D eigenvalue weighted by molar-refractivity contribution is -0.384. The van der Waals surface area contributed by atoms with Gasteiger partial charge >= 0.3 is 0 Å². The largest absolute Gasteiger partial charge is 0.488 e. The van der Waals surface area contributed by atoms with Gasteiger partial charge in [-0.2, -0.15) is 5.10 Å². The van der Waals surface area contributed by atoms with Crippen LogP contribution in [0.3, 0.4) is 0 Å². The van der Waals surface area contributed by atoms with Gasteiger partial charge in [0.15, 0.2) is 11.0 Å². The van der Waals surface area contributed by atoms with Crippen molar-refractivity contribution in [2.75, 3.05) is 5.75 Å². The molecule has 0 atom stereocenters. The van der Waals surface area contributed by atoms with E-state index < -0.39 is 4.92 Å². The van der Waals surface area contributed by atoms with Gasteiger partial charge in [0, 0.05) is 34.8 Å². The summed E-state index contributed by atoms with van der Waals surface area (Å²) in [6, 6.07) is 21.1. The molecule has 0 fully saturated rings. The van der Waals surface area contributed by atoms with Crippen molar-refractivity contribution >= 4 is 45.5 Å². The Kier molecular flexibility index (Phi) is 8.64. The Balaban J connectivity index is 1.30. The Labute approximate surface area is 225 Å². The van der Waals surface area contributed by atoms with E-state index in [1.54, 1.807) is 24.3 Å². The van der Waals surface area contributed by atoms with Crippen LogP contribution in [-0.2, 0) is 18.4 Å². The number of nitrogens with zero attached hydrogens (tertiary/aromatic N) is 5. The zero-order valence-corrected chi connectivity index (χ0v) is 22.0. The molecule has 1 aromatic heterocycles. The fraction of sp³-hybridized carbons (Fsp3) is 0.120. The first-order valence-corrected chi connectivity index (χ1v) is 12.7. The van der Waals surface area contributed by atoms with E-state index >= 15 is 0 Å². The molecule has 0 bridgehead atoms. The highest BCUT2D eigenvalue weighted by Gasteiger charge is 2.13. The molecule has 37 heavy (non-hydrogen) atoms. The van der Waals surface area contributed by atoms with Crippen LogP contribution in [0.15, 0.2) is 87.5 Å². The monoisotopic (exact) mass is 580 g/mol. The van der Waals surface area contributed by atoms with Crippen LogP contribution in [0, 0.1) is 10.1 Å². The van der Waals surface area contributed by atoms with Gasteiger partial charge in [-0.1, -0.05) is 52.0 Å². The summed E-state index contributed by atoms with van der Waals surface area (Å²) in [4.78, 5) is 22.7. The number of rotatable bonds is 10. The number of nitro groups is 1. The van der Waals surface area contributed by atoms with Crippen molar-refractivity contribution in [3.8, 4) is 17.1 Å². The molecule has 188 valence electrons. The van der Waals surface area contributed by atoms with Crippen molar-refractivity contribution in [3.05, 3.63) is 98.5 Å². The highest BCUT2D eigenvalue weighted by Crippen LogP contribution is 2.25. The van der Waals surface area contributed by atoms with Crippen molar-refractivity contribution in [2.45, 2.75) is 11.8 Å². The minimum Gasteiger partial charge on any atom is -0.488 e. The molecule has 4 aromatic rings. The number of para-hydroxylation sites is 1. The summed E-state index contributed by atoms with van der Waals surface area (Å²) >= 11 is 4.71. The molecule has 0 aliphatic heterocycles. The zero-order valence-electron chi connectivity index (χ0n) is 19.6. The molecule has 1 heterocycles. The summed E-state index contributed by atoms with van der Waals surface area (Å²) < 4.78 is 8.62. The summed E-state index contributed by atoms with van der Waals surface area (Å²) in [5.74, 6) is 1.08. The van der Waals surface area contributed by atoms with Crippen LogP contribution < -0.4 is 10.2 Å². The van der Waals surface area contributed by atoms with Crippen LogP contribution in [-0.4, -0.2) is 37.6 Å². The van der Waals surface area contributed by atoms with E-state index in [1.807, 2.05) is 48.0 Å². The fourth-order valence-electron chi connectivity index (χ4n) is 3.25. The topological polar surface area (TPSA) is 125 Å². The van der Waals surface area contributed by atoms with Gasteiger partial charge in [0.1, 0.15) is 12.4 Å². The van der Waals surface area contributed by atoms with E-state index in [9.17, 15) is 14.9 Å². The third-order valence-electron chi connectivity index (χ3n) is 5.10. The van der Waals surface area contributed by atoms with Crippen LogP contribution in [0.1, 0.15) is 11.1 Å². The van der Waals surface area contributed by atoms with Crippen LogP contribution in [0.25, 0.3) is 11.4 Å². The second-order valence-electron chi connectivity index (χ2n) is 7.71. The number of nitro benzene ring substituents is 1. The third-order valence-corrected chi connectivity index (χ3v) is 6.62. The van der Waals surface area contributed by atoms with Crippen molar-refractivity contribution in [1.82, 2.24) is 20.2 Å². The number of carbonyl (C=O) groups excluding carboxylic acids is 1. The molecular formula is C25H21BrN6O4S. The van der Waals surface area contributed by atoms with E-state index in [0.717, 1.165) is 15.6 Å². The molecule has 10 nitrogen and oxygen atoms in total. The molecule has 0 unspecified atom stereocenters. The lowest BCUT2D eigenvalue weighted by atomic mass is 10.2. The van der Waals surface area contributed by atoms with Crippen LogP contribution in [0.5, 0.6) is 5.75 Å². The summed E-state index contributed by atoms with van der Waals surface area (Å²) in [5.41, 5.74) is 4.91. The van der Waals surface area contributed by atoms with Crippen molar-refractivity contribution in [2.24, 2.45) is 12.1 Å². The van der Waals surface area contributed by atoms with E-state index in [4.69, 9.17) is 4.74 Å². The van der Waals surface area contributed by atoms with Crippen LogP contribution in [0.4, 0.5) is 5.69 Å². The number of hydrogen-bond donors (Lipinski definition) is 1. The zero-order chi connectivity index (χ0) is 26.2. The van der Waals surface area contributed by atoms with Crippen molar-refractivity contribution in [3.63, 3.8) is 0 Å². The number of nitrogens with one attached hydrogen (secondary N) is 1. The van der Waals surface area contributed by atoms with Crippen LogP contribution in [0.2, 0.25) is 0 Å². The quantitative estimate of drug-likeness (QED) is 0.121. The fourth-order valence-corrected chi connectivity index (χ4v) is 4.35. The number of benzene rings is 3. The van der Waals surface area contributed by atoms with Gasteiger partial charge < -0.3 is 9.30 Å². The molecule has 0 saturated carbocycles. The maximum atomic E-state index is 12.3. The highest BCUT2D eigenvalue weighted by atomic mass is 79.9. The first kappa shape index (κ1) is 26.0. The number of halogens is 1. The Bertz CT molecular complexity index is 1440. The number of aromatic nitrogens is 3. The number of thioether (sulfide) groups is 1. The molecule has 4 rings (SSSR count).